The van der Waals surface area contributed by atoms with Gasteiger partial charge in [0.2, 0.25) is 5.91 Å². The predicted octanol–water partition coefficient (Wildman–Crippen LogP) is 2.69. The number of anilines is 1. The van der Waals surface area contributed by atoms with Gasteiger partial charge in [0.15, 0.2) is 11.5 Å². The molecule has 8 heteroatoms. The smallest absolute Gasteiger partial charge is 0.234 e. The number of amides is 1. The van der Waals surface area contributed by atoms with E-state index >= 15 is 0 Å². The summed E-state index contributed by atoms with van der Waals surface area (Å²) in [5.74, 6) is 1.12. The maximum absolute atomic E-state index is 12.3. The molecule has 1 aromatic carbocycles. The molecule has 0 radical (unpaired) electrons. The van der Waals surface area contributed by atoms with Gasteiger partial charge in [-0.05, 0) is 30.8 Å². The number of nitriles is 1. The number of rotatable bonds is 6. The Bertz CT molecular complexity index is 926. The van der Waals surface area contributed by atoms with Crippen molar-refractivity contribution >= 4 is 23.4 Å². The molecule has 0 aliphatic carbocycles. The number of nitrogens with zero attached hydrogens (tertiary/aromatic N) is 3. The third kappa shape index (κ3) is 4.55. The first kappa shape index (κ1) is 20.0. The molecule has 0 atom stereocenters. The molecule has 0 bridgehead atoms. The summed E-state index contributed by atoms with van der Waals surface area (Å²) in [6, 6.07) is 9.28. The Morgan fingerprint density at radius 2 is 2.11 bits per heavy atom. The molecule has 0 spiro atoms. The molecule has 0 unspecified atom stereocenters. The maximum Gasteiger partial charge on any atom is 0.234 e. The average molecular weight is 398 g/mol. The number of likely N-dealkylation sites (N-methyl/N-ethyl adjacent to an activating group) is 1. The van der Waals surface area contributed by atoms with Gasteiger partial charge in [0.25, 0.3) is 0 Å². The Morgan fingerprint density at radius 1 is 1.32 bits per heavy atom. The Kier molecular flexibility index (Phi) is 6.39. The van der Waals surface area contributed by atoms with Crippen LogP contribution in [-0.4, -0.2) is 49.4 Å². The fourth-order valence-electron chi connectivity index (χ4n) is 3.03. The monoisotopic (exact) mass is 398 g/mol. The van der Waals surface area contributed by atoms with Crippen LogP contribution in [-0.2, 0) is 17.8 Å². The van der Waals surface area contributed by atoms with Crippen molar-refractivity contribution < 1.29 is 14.3 Å². The number of benzene rings is 1. The zero-order valence-corrected chi connectivity index (χ0v) is 16.9. The number of hydrogen-bond donors (Lipinski definition) is 1. The van der Waals surface area contributed by atoms with Crippen molar-refractivity contribution in [3.05, 3.63) is 41.1 Å². The Morgan fingerprint density at radius 3 is 2.82 bits per heavy atom. The first-order valence-electron chi connectivity index (χ1n) is 8.80. The number of ether oxygens (including phenoxy) is 2. The van der Waals surface area contributed by atoms with Gasteiger partial charge in [-0.2, -0.15) is 5.26 Å². The molecule has 146 valence electrons. The summed E-state index contributed by atoms with van der Waals surface area (Å²) < 4.78 is 10.4. The summed E-state index contributed by atoms with van der Waals surface area (Å²) in [4.78, 5) is 19.2. The lowest BCUT2D eigenvalue weighted by molar-refractivity contribution is -0.113. The SMILES string of the molecule is COc1ccc(NC(=O)CSc2nc3c(cc2C#N)CN(C)CC3)cc1OC. The van der Waals surface area contributed by atoms with Crippen LogP contribution in [0.3, 0.4) is 0 Å². The third-order valence-electron chi connectivity index (χ3n) is 4.45. The summed E-state index contributed by atoms with van der Waals surface area (Å²) in [5, 5.41) is 12.9. The molecule has 0 saturated carbocycles. The van der Waals surface area contributed by atoms with Crippen molar-refractivity contribution in [2.75, 3.05) is 38.9 Å². The van der Waals surface area contributed by atoms with E-state index in [-0.39, 0.29) is 11.7 Å². The molecular formula is C20H22N4O3S. The minimum atomic E-state index is -0.180. The first-order chi connectivity index (χ1) is 13.5. The van der Waals surface area contributed by atoms with Crippen LogP contribution in [0.15, 0.2) is 29.3 Å². The van der Waals surface area contributed by atoms with Gasteiger partial charge in [0.05, 0.1) is 25.5 Å². The molecule has 7 nitrogen and oxygen atoms in total. The summed E-state index contributed by atoms with van der Waals surface area (Å²) in [6.07, 6.45) is 0.850. The van der Waals surface area contributed by atoms with E-state index in [9.17, 15) is 10.1 Å². The molecule has 2 aromatic rings. The van der Waals surface area contributed by atoms with Gasteiger partial charge in [-0.15, -0.1) is 0 Å². The van der Waals surface area contributed by atoms with E-state index < -0.39 is 0 Å². The van der Waals surface area contributed by atoms with E-state index in [1.165, 1.54) is 11.8 Å². The minimum Gasteiger partial charge on any atom is -0.493 e. The molecule has 1 aromatic heterocycles. The van der Waals surface area contributed by atoms with Gasteiger partial charge < -0.3 is 19.7 Å². The Hall–Kier alpha value is -2.76. The van der Waals surface area contributed by atoms with Crippen LogP contribution >= 0.6 is 11.8 Å². The maximum atomic E-state index is 12.3. The van der Waals surface area contributed by atoms with Crippen LogP contribution in [0.2, 0.25) is 0 Å². The molecule has 1 aliphatic heterocycles. The standard InChI is InChI=1S/C20H22N4O3S/c1-24-7-6-16-14(11-24)8-13(10-21)20(23-16)28-12-19(25)22-15-4-5-17(26-2)18(9-15)27-3/h4-5,8-9H,6-7,11-12H2,1-3H3,(H,22,25). The Labute approximate surface area is 168 Å². The second-order valence-corrected chi connectivity index (χ2v) is 7.42. The predicted molar refractivity (Wildman–Crippen MR) is 108 cm³/mol. The molecule has 0 saturated heterocycles. The summed E-state index contributed by atoms with van der Waals surface area (Å²) in [5.41, 5.74) is 3.23. The average Bonchev–Trinajstić information content (AvgIpc) is 2.71. The first-order valence-corrected chi connectivity index (χ1v) is 9.78. The molecule has 2 heterocycles. The summed E-state index contributed by atoms with van der Waals surface area (Å²) >= 11 is 1.28. The van der Waals surface area contributed by atoms with Crippen LogP contribution < -0.4 is 14.8 Å². The number of aromatic nitrogens is 1. The second-order valence-electron chi connectivity index (χ2n) is 6.45. The van der Waals surface area contributed by atoms with Crippen LogP contribution in [0.4, 0.5) is 5.69 Å². The fraction of sp³-hybridized carbons (Fsp3) is 0.350. The lowest BCUT2D eigenvalue weighted by atomic mass is 10.0. The van der Waals surface area contributed by atoms with Gasteiger partial charge in [0.1, 0.15) is 11.1 Å². The summed E-state index contributed by atoms with van der Waals surface area (Å²) in [6.45, 7) is 1.73. The van der Waals surface area contributed by atoms with Gasteiger partial charge in [-0.25, -0.2) is 4.98 Å². The fourth-order valence-corrected chi connectivity index (χ4v) is 3.80. The van der Waals surface area contributed by atoms with Gasteiger partial charge in [-0.1, -0.05) is 11.8 Å². The number of carbonyl (C=O) groups excluding carboxylic acids is 1. The van der Waals surface area contributed by atoms with Gasteiger partial charge >= 0.3 is 0 Å². The van der Waals surface area contributed by atoms with E-state index in [1.54, 1.807) is 32.4 Å². The van der Waals surface area contributed by atoms with Gasteiger partial charge in [0, 0.05) is 37.0 Å². The Balaban J connectivity index is 1.67. The van der Waals surface area contributed by atoms with Crippen LogP contribution in [0.25, 0.3) is 0 Å². The number of nitrogens with one attached hydrogen (secondary N) is 1. The van der Waals surface area contributed by atoms with Crippen molar-refractivity contribution in [3.63, 3.8) is 0 Å². The molecule has 3 rings (SSSR count). The number of fused-ring (bicyclic) bond motifs is 1. The van der Waals surface area contributed by atoms with Crippen molar-refractivity contribution in [1.82, 2.24) is 9.88 Å². The van der Waals surface area contributed by atoms with E-state index in [2.05, 4.69) is 28.3 Å². The number of hydrogen-bond acceptors (Lipinski definition) is 7. The van der Waals surface area contributed by atoms with Crippen molar-refractivity contribution in [2.45, 2.75) is 18.0 Å². The van der Waals surface area contributed by atoms with E-state index in [0.717, 1.165) is 30.8 Å². The highest BCUT2D eigenvalue weighted by molar-refractivity contribution is 8.00. The van der Waals surface area contributed by atoms with E-state index in [0.29, 0.717) is 27.8 Å². The second kappa shape index (κ2) is 8.95. The van der Waals surface area contributed by atoms with Crippen LogP contribution in [0.5, 0.6) is 11.5 Å². The highest BCUT2D eigenvalue weighted by Crippen LogP contribution is 2.30. The van der Waals surface area contributed by atoms with Crippen LogP contribution in [0, 0.1) is 11.3 Å². The zero-order valence-electron chi connectivity index (χ0n) is 16.1. The molecular weight excluding hydrogens is 376 g/mol. The number of pyridine rings is 1. The van der Waals surface area contributed by atoms with Crippen molar-refractivity contribution in [2.24, 2.45) is 0 Å². The zero-order chi connectivity index (χ0) is 20.1. The van der Waals surface area contributed by atoms with E-state index in [1.807, 2.05) is 6.07 Å². The largest absolute Gasteiger partial charge is 0.493 e. The highest BCUT2D eigenvalue weighted by atomic mass is 32.2. The normalized spacial score (nSPS) is 13.4. The molecule has 0 fully saturated rings. The van der Waals surface area contributed by atoms with Crippen molar-refractivity contribution in [1.29, 1.82) is 5.26 Å². The van der Waals surface area contributed by atoms with Crippen LogP contribution in [0.1, 0.15) is 16.8 Å². The quantitative estimate of drug-likeness (QED) is 0.749. The lowest BCUT2D eigenvalue weighted by Crippen LogP contribution is -2.27. The summed E-state index contributed by atoms with van der Waals surface area (Å²) in [7, 11) is 5.15. The third-order valence-corrected chi connectivity index (χ3v) is 5.45. The molecule has 1 amide bonds. The highest BCUT2D eigenvalue weighted by Gasteiger charge is 2.18. The topological polar surface area (TPSA) is 87.5 Å². The molecule has 28 heavy (non-hydrogen) atoms. The minimum absolute atomic E-state index is 0.161. The number of methoxy groups -OCH3 is 2. The number of carbonyl (C=O) groups is 1. The molecule has 1 aliphatic rings. The molecule has 1 N–H and O–H groups in total. The lowest BCUT2D eigenvalue weighted by Gasteiger charge is -2.24. The van der Waals surface area contributed by atoms with E-state index in [4.69, 9.17) is 9.47 Å². The van der Waals surface area contributed by atoms with Crippen molar-refractivity contribution in [3.8, 4) is 17.6 Å². The van der Waals surface area contributed by atoms with Gasteiger partial charge in [-0.3, -0.25) is 4.79 Å². The number of thioether (sulfide) groups is 1.